The lowest BCUT2D eigenvalue weighted by molar-refractivity contribution is -0.127. The van der Waals surface area contributed by atoms with E-state index in [4.69, 9.17) is 6.42 Å². The molecular formula is C20H29N3O. The summed E-state index contributed by atoms with van der Waals surface area (Å²) < 4.78 is 0. The van der Waals surface area contributed by atoms with E-state index in [1.54, 1.807) is 0 Å². The van der Waals surface area contributed by atoms with Crippen molar-refractivity contribution in [2.24, 2.45) is 0 Å². The molecule has 1 aliphatic heterocycles. The van der Waals surface area contributed by atoms with Crippen molar-refractivity contribution in [1.29, 1.82) is 0 Å². The number of anilines is 1. The molecule has 1 aliphatic rings. The zero-order valence-electron chi connectivity index (χ0n) is 14.7. The molecule has 0 bridgehead atoms. The molecule has 1 fully saturated rings. The van der Waals surface area contributed by atoms with Crippen LogP contribution < -0.4 is 10.2 Å². The maximum absolute atomic E-state index is 12.4. The molecular weight excluding hydrogens is 298 g/mol. The Bertz CT molecular complexity index is 538. The fourth-order valence-corrected chi connectivity index (χ4v) is 3.30. The summed E-state index contributed by atoms with van der Waals surface area (Å²) in [7, 11) is 0. The first-order valence-electron chi connectivity index (χ1n) is 9.01. The average molecular weight is 327 g/mol. The fraction of sp³-hybridized carbons (Fsp3) is 0.550. The summed E-state index contributed by atoms with van der Waals surface area (Å²) in [5, 5.41) is 3.10. The molecule has 0 spiro atoms. The van der Waals surface area contributed by atoms with Gasteiger partial charge >= 0.3 is 0 Å². The van der Waals surface area contributed by atoms with Gasteiger partial charge in [0.15, 0.2) is 0 Å². The number of benzene rings is 1. The molecule has 0 aliphatic carbocycles. The standard InChI is InChI=1S/C20H29N3O/c1-3-15-23-16-9-8-13-19(23)20(24)21-14-10-17-22(4-2)18-11-6-5-7-12-18/h1,5-7,11-12,19H,4,8-10,13-17H2,2H3,(H,21,24). The second kappa shape index (κ2) is 10.00. The summed E-state index contributed by atoms with van der Waals surface area (Å²) in [5.74, 6) is 2.80. The minimum absolute atomic E-state index is 0.0498. The molecule has 1 N–H and O–H groups in total. The Labute approximate surface area is 146 Å². The van der Waals surface area contributed by atoms with Crippen molar-refractivity contribution >= 4 is 11.6 Å². The lowest BCUT2D eigenvalue weighted by Crippen LogP contribution is -2.49. The van der Waals surface area contributed by atoms with Gasteiger partial charge in [0.05, 0.1) is 12.6 Å². The normalized spacial score (nSPS) is 17.9. The minimum Gasteiger partial charge on any atom is -0.372 e. The average Bonchev–Trinajstić information content (AvgIpc) is 2.63. The van der Waals surface area contributed by atoms with Gasteiger partial charge in [0.1, 0.15) is 0 Å². The van der Waals surface area contributed by atoms with E-state index in [2.05, 4.69) is 52.2 Å². The van der Waals surface area contributed by atoms with Crippen molar-refractivity contribution in [2.75, 3.05) is 37.6 Å². The largest absolute Gasteiger partial charge is 0.372 e. The third-order valence-electron chi connectivity index (χ3n) is 4.62. The van der Waals surface area contributed by atoms with Gasteiger partial charge in [0, 0.05) is 25.3 Å². The summed E-state index contributed by atoms with van der Waals surface area (Å²) >= 11 is 0. The third-order valence-corrected chi connectivity index (χ3v) is 4.62. The Morgan fingerprint density at radius 2 is 2.17 bits per heavy atom. The van der Waals surface area contributed by atoms with Crippen LogP contribution >= 0.6 is 0 Å². The molecule has 0 aromatic heterocycles. The lowest BCUT2D eigenvalue weighted by Gasteiger charge is -2.33. The summed E-state index contributed by atoms with van der Waals surface area (Å²) in [6, 6.07) is 10.4. The molecule has 1 amide bonds. The Morgan fingerprint density at radius 3 is 2.88 bits per heavy atom. The van der Waals surface area contributed by atoms with Crippen molar-refractivity contribution < 1.29 is 4.79 Å². The summed E-state index contributed by atoms with van der Waals surface area (Å²) in [5.41, 5.74) is 1.24. The van der Waals surface area contributed by atoms with Gasteiger partial charge < -0.3 is 10.2 Å². The number of piperidine rings is 1. The van der Waals surface area contributed by atoms with Gasteiger partial charge in [-0.15, -0.1) is 6.42 Å². The molecule has 1 saturated heterocycles. The first-order chi connectivity index (χ1) is 11.8. The number of hydrogen-bond acceptors (Lipinski definition) is 3. The van der Waals surface area contributed by atoms with Crippen molar-refractivity contribution in [3.05, 3.63) is 30.3 Å². The highest BCUT2D eigenvalue weighted by Gasteiger charge is 2.27. The topological polar surface area (TPSA) is 35.6 Å². The van der Waals surface area contributed by atoms with Gasteiger partial charge in [-0.3, -0.25) is 9.69 Å². The highest BCUT2D eigenvalue weighted by molar-refractivity contribution is 5.81. The predicted octanol–water partition coefficient (Wildman–Crippen LogP) is 2.51. The van der Waals surface area contributed by atoms with E-state index in [0.717, 1.165) is 45.3 Å². The molecule has 1 aromatic carbocycles. The van der Waals surface area contributed by atoms with Crippen LogP contribution in [-0.2, 0) is 4.79 Å². The number of likely N-dealkylation sites (tertiary alicyclic amines) is 1. The molecule has 1 unspecified atom stereocenters. The van der Waals surface area contributed by atoms with Gasteiger partial charge in [-0.1, -0.05) is 30.5 Å². The summed E-state index contributed by atoms with van der Waals surface area (Å²) in [6.07, 6.45) is 9.52. The number of amides is 1. The van der Waals surface area contributed by atoms with Crippen LogP contribution in [0.3, 0.4) is 0 Å². The second-order valence-electron chi connectivity index (χ2n) is 6.25. The highest BCUT2D eigenvalue weighted by atomic mass is 16.2. The van der Waals surface area contributed by atoms with E-state index in [-0.39, 0.29) is 11.9 Å². The van der Waals surface area contributed by atoms with Crippen LogP contribution in [0.15, 0.2) is 30.3 Å². The third kappa shape index (κ3) is 5.28. The van der Waals surface area contributed by atoms with Crippen LogP contribution in [0.4, 0.5) is 5.69 Å². The molecule has 4 heteroatoms. The van der Waals surface area contributed by atoms with Gasteiger partial charge in [0.2, 0.25) is 5.91 Å². The minimum atomic E-state index is -0.0498. The molecule has 24 heavy (non-hydrogen) atoms. The first kappa shape index (κ1) is 18.4. The van der Waals surface area contributed by atoms with Gasteiger partial charge in [-0.25, -0.2) is 0 Å². The van der Waals surface area contributed by atoms with E-state index in [9.17, 15) is 4.79 Å². The maximum atomic E-state index is 12.4. The molecule has 1 atom stereocenters. The Kier molecular flexibility index (Phi) is 7.64. The fourth-order valence-electron chi connectivity index (χ4n) is 3.30. The molecule has 1 aromatic rings. The van der Waals surface area contributed by atoms with Crippen LogP contribution in [0.1, 0.15) is 32.6 Å². The SMILES string of the molecule is C#CCN1CCCCC1C(=O)NCCCN(CC)c1ccccc1. The number of nitrogens with one attached hydrogen (secondary N) is 1. The number of carbonyl (C=O) groups is 1. The summed E-state index contributed by atoms with van der Waals surface area (Å²) in [4.78, 5) is 16.9. The Balaban J connectivity index is 1.74. The summed E-state index contributed by atoms with van der Waals surface area (Å²) in [6.45, 7) is 6.28. The van der Waals surface area contributed by atoms with E-state index in [0.29, 0.717) is 13.1 Å². The molecule has 2 rings (SSSR count). The molecule has 1 heterocycles. The number of terminal acetylenes is 1. The van der Waals surface area contributed by atoms with Crippen LogP contribution in [0, 0.1) is 12.3 Å². The van der Waals surface area contributed by atoms with E-state index >= 15 is 0 Å². The van der Waals surface area contributed by atoms with Crippen molar-refractivity contribution in [2.45, 2.75) is 38.6 Å². The Hall–Kier alpha value is -1.99. The van der Waals surface area contributed by atoms with E-state index < -0.39 is 0 Å². The van der Waals surface area contributed by atoms with Crippen LogP contribution in [0.25, 0.3) is 0 Å². The zero-order valence-corrected chi connectivity index (χ0v) is 14.7. The maximum Gasteiger partial charge on any atom is 0.237 e. The quantitative estimate of drug-likeness (QED) is 0.589. The number of hydrogen-bond donors (Lipinski definition) is 1. The molecule has 0 saturated carbocycles. The highest BCUT2D eigenvalue weighted by Crippen LogP contribution is 2.16. The van der Waals surface area contributed by atoms with Crippen LogP contribution in [0.5, 0.6) is 0 Å². The van der Waals surface area contributed by atoms with Gasteiger partial charge in [0.25, 0.3) is 0 Å². The van der Waals surface area contributed by atoms with Crippen molar-refractivity contribution in [1.82, 2.24) is 10.2 Å². The van der Waals surface area contributed by atoms with Crippen LogP contribution in [0.2, 0.25) is 0 Å². The van der Waals surface area contributed by atoms with E-state index in [1.807, 2.05) is 6.07 Å². The first-order valence-corrected chi connectivity index (χ1v) is 9.01. The van der Waals surface area contributed by atoms with Crippen molar-refractivity contribution in [3.8, 4) is 12.3 Å². The molecule has 130 valence electrons. The smallest absolute Gasteiger partial charge is 0.237 e. The number of carbonyl (C=O) groups excluding carboxylic acids is 1. The zero-order chi connectivity index (χ0) is 17.2. The second-order valence-corrected chi connectivity index (χ2v) is 6.25. The van der Waals surface area contributed by atoms with E-state index in [1.165, 1.54) is 5.69 Å². The van der Waals surface area contributed by atoms with Crippen molar-refractivity contribution in [3.63, 3.8) is 0 Å². The molecule has 0 radical (unpaired) electrons. The van der Waals surface area contributed by atoms with Gasteiger partial charge in [-0.2, -0.15) is 0 Å². The van der Waals surface area contributed by atoms with Crippen LogP contribution in [-0.4, -0.2) is 49.6 Å². The lowest BCUT2D eigenvalue weighted by atomic mass is 10.0. The number of rotatable bonds is 8. The monoisotopic (exact) mass is 327 g/mol. The van der Waals surface area contributed by atoms with Gasteiger partial charge in [-0.05, 0) is 44.9 Å². The molecule has 4 nitrogen and oxygen atoms in total. The Morgan fingerprint density at radius 1 is 1.38 bits per heavy atom. The number of nitrogens with zero attached hydrogens (tertiary/aromatic N) is 2. The predicted molar refractivity (Wildman–Crippen MR) is 100 cm³/mol. The number of para-hydroxylation sites is 1.